The highest BCUT2D eigenvalue weighted by atomic mass is 19.4. The molecule has 1 amide bonds. The molecule has 2 aromatic rings. The van der Waals surface area contributed by atoms with Crippen LogP contribution in [0.2, 0.25) is 0 Å². The lowest BCUT2D eigenvalue weighted by Crippen LogP contribution is -2.47. The molecule has 1 unspecified atom stereocenters. The van der Waals surface area contributed by atoms with E-state index in [0.29, 0.717) is 24.3 Å². The highest BCUT2D eigenvalue weighted by Crippen LogP contribution is 2.30. The lowest BCUT2D eigenvalue weighted by atomic mass is 10.0. The van der Waals surface area contributed by atoms with E-state index in [0.717, 1.165) is 31.4 Å². The lowest BCUT2D eigenvalue weighted by Gasteiger charge is -2.35. The van der Waals surface area contributed by atoms with E-state index in [9.17, 15) is 18.0 Å². The zero-order valence-corrected chi connectivity index (χ0v) is 14.5. The lowest BCUT2D eigenvalue weighted by molar-refractivity contribution is -0.137. The maximum Gasteiger partial charge on any atom is 0.416 e. The van der Waals surface area contributed by atoms with E-state index in [1.165, 1.54) is 23.0 Å². The summed E-state index contributed by atoms with van der Waals surface area (Å²) in [6.07, 6.45) is -0.196. The number of piperidine rings is 1. The molecule has 26 heavy (non-hydrogen) atoms. The Balaban J connectivity index is 1.92. The Kier molecular flexibility index (Phi) is 5.04. The second-order valence-electron chi connectivity index (χ2n) is 6.49. The standard InChI is InChI=1S/C18H21F3N4O/c1-12-16(17(26)24-8-3-2-6-15(24)10-22)11-23-25(12)14-7-4-5-13(9-14)18(19,20)21/h4-5,7,9,11,15H,2-3,6,8,10,22H2,1H3. The van der Waals surface area contributed by atoms with Crippen LogP contribution >= 0.6 is 0 Å². The molecule has 0 radical (unpaired) electrons. The number of halogens is 3. The molecule has 1 aromatic heterocycles. The van der Waals surface area contributed by atoms with Gasteiger partial charge in [-0.3, -0.25) is 4.79 Å². The van der Waals surface area contributed by atoms with Gasteiger partial charge in [0.05, 0.1) is 28.7 Å². The molecule has 0 saturated carbocycles. The molecule has 1 aliphatic rings. The van der Waals surface area contributed by atoms with E-state index in [1.54, 1.807) is 11.8 Å². The van der Waals surface area contributed by atoms with Gasteiger partial charge < -0.3 is 10.6 Å². The van der Waals surface area contributed by atoms with Gasteiger partial charge in [-0.15, -0.1) is 0 Å². The van der Waals surface area contributed by atoms with Crippen molar-refractivity contribution in [3.63, 3.8) is 0 Å². The molecular weight excluding hydrogens is 345 g/mol. The molecular formula is C18H21F3N4O. The summed E-state index contributed by atoms with van der Waals surface area (Å²) < 4.78 is 40.2. The Hall–Kier alpha value is -2.35. The van der Waals surface area contributed by atoms with Gasteiger partial charge in [-0.1, -0.05) is 6.07 Å². The minimum Gasteiger partial charge on any atom is -0.334 e. The van der Waals surface area contributed by atoms with E-state index in [-0.39, 0.29) is 17.6 Å². The summed E-state index contributed by atoms with van der Waals surface area (Å²) in [5.74, 6) is -0.170. The van der Waals surface area contributed by atoms with E-state index < -0.39 is 11.7 Å². The number of aromatic nitrogens is 2. The van der Waals surface area contributed by atoms with Crippen LogP contribution in [0.1, 0.15) is 40.9 Å². The number of nitrogens with zero attached hydrogens (tertiary/aromatic N) is 3. The molecule has 140 valence electrons. The fourth-order valence-electron chi connectivity index (χ4n) is 3.36. The van der Waals surface area contributed by atoms with Gasteiger partial charge in [-0.2, -0.15) is 18.3 Å². The highest BCUT2D eigenvalue weighted by molar-refractivity contribution is 5.95. The fourth-order valence-corrected chi connectivity index (χ4v) is 3.36. The van der Waals surface area contributed by atoms with Crippen molar-refractivity contribution in [2.24, 2.45) is 5.73 Å². The van der Waals surface area contributed by atoms with E-state index >= 15 is 0 Å². The molecule has 8 heteroatoms. The number of hydrogen-bond donors (Lipinski definition) is 1. The Bertz CT molecular complexity index is 800. The van der Waals surface area contributed by atoms with Crippen LogP contribution in [-0.4, -0.2) is 39.7 Å². The number of alkyl halides is 3. The van der Waals surface area contributed by atoms with E-state index in [1.807, 2.05) is 0 Å². The third-order valence-corrected chi connectivity index (χ3v) is 4.82. The number of likely N-dealkylation sites (tertiary alicyclic amines) is 1. The summed E-state index contributed by atoms with van der Waals surface area (Å²) in [5, 5.41) is 4.15. The average Bonchev–Trinajstić information content (AvgIpc) is 3.02. The monoisotopic (exact) mass is 366 g/mol. The molecule has 1 aromatic carbocycles. The Morgan fingerprint density at radius 2 is 2.12 bits per heavy atom. The predicted molar refractivity (Wildman–Crippen MR) is 91.0 cm³/mol. The SMILES string of the molecule is Cc1c(C(=O)N2CCCCC2CN)cnn1-c1cccc(C(F)(F)F)c1. The van der Waals surface area contributed by atoms with Crippen LogP contribution in [-0.2, 0) is 6.18 Å². The number of carbonyl (C=O) groups excluding carboxylic acids is 1. The van der Waals surface area contributed by atoms with Crippen molar-refractivity contribution in [2.45, 2.75) is 38.4 Å². The fraction of sp³-hybridized carbons (Fsp3) is 0.444. The van der Waals surface area contributed by atoms with E-state index in [4.69, 9.17) is 5.73 Å². The van der Waals surface area contributed by atoms with Crippen LogP contribution < -0.4 is 5.73 Å². The number of rotatable bonds is 3. The van der Waals surface area contributed by atoms with Crippen molar-refractivity contribution >= 4 is 5.91 Å². The summed E-state index contributed by atoms with van der Waals surface area (Å²) in [6, 6.07) is 4.89. The molecule has 0 aliphatic carbocycles. The first kappa shape index (κ1) is 18.4. The quantitative estimate of drug-likeness (QED) is 0.908. The third-order valence-electron chi connectivity index (χ3n) is 4.82. The zero-order valence-electron chi connectivity index (χ0n) is 14.5. The molecule has 1 atom stereocenters. The first-order valence-electron chi connectivity index (χ1n) is 8.56. The smallest absolute Gasteiger partial charge is 0.334 e. The maximum absolute atomic E-state index is 12.9. The van der Waals surface area contributed by atoms with Gasteiger partial charge in [-0.05, 0) is 44.4 Å². The highest BCUT2D eigenvalue weighted by Gasteiger charge is 2.31. The molecule has 0 bridgehead atoms. The second kappa shape index (κ2) is 7.11. The topological polar surface area (TPSA) is 64.2 Å². The van der Waals surface area contributed by atoms with Crippen LogP contribution in [0.25, 0.3) is 5.69 Å². The number of amides is 1. The van der Waals surface area contributed by atoms with Gasteiger partial charge in [0, 0.05) is 19.1 Å². The molecule has 2 N–H and O–H groups in total. The maximum atomic E-state index is 12.9. The Labute approximate surface area is 149 Å². The van der Waals surface area contributed by atoms with E-state index in [2.05, 4.69) is 5.10 Å². The normalized spacial score (nSPS) is 18.2. The van der Waals surface area contributed by atoms with Crippen LogP contribution in [0.15, 0.2) is 30.5 Å². The molecule has 3 rings (SSSR count). The second-order valence-corrected chi connectivity index (χ2v) is 6.49. The van der Waals surface area contributed by atoms with Gasteiger partial charge in [0.2, 0.25) is 0 Å². The van der Waals surface area contributed by atoms with Crippen molar-refractivity contribution in [2.75, 3.05) is 13.1 Å². The van der Waals surface area contributed by atoms with Gasteiger partial charge in [0.25, 0.3) is 5.91 Å². The van der Waals surface area contributed by atoms with Crippen molar-refractivity contribution in [3.05, 3.63) is 47.3 Å². The minimum atomic E-state index is -4.43. The summed E-state index contributed by atoms with van der Waals surface area (Å²) in [5.41, 5.74) is 6.20. The average molecular weight is 366 g/mol. The van der Waals surface area contributed by atoms with Gasteiger partial charge in [0.15, 0.2) is 0 Å². The summed E-state index contributed by atoms with van der Waals surface area (Å²) in [7, 11) is 0. The molecule has 2 heterocycles. The van der Waals surface area contributed by atoms with Crippen molar-refractivity contribution in [1.82, 2.24) is 14.7 Å². The Morgan fingerprint density at radius 3 is 2.81 bits per heavy atom. The largest absolute Gasteiger partial charge is 0.416 e. The van der Waals surface area contributed by atoms with Crippen molar-refractivity contribution < 1.29 is 18.0 Å². The number of hydrogen-bond acceptors (Lipinski definition) is 3. The van der Waals surface area contributed by atoms with Crippen LogP contribution in [0, 0.1) is 6.92 Å². The summed E-state index contributed by atoms with van der Waals surface area (Å²) >= 11 is 0. The third kappa shape index (κ3) is 3.46. The number of carbonyl (C=O) groups is 1. The molecule has 1 aliphatic heterocycles. The first-order valence-corrected chi connectivity index (χ1v) is 8.56. The molecule has 5 nitrogen and oxygen atoms in total. The number of nitrogens with two attached hydrogens (primary N) is 1. The first-order chi connectivity index (χ1) is 12.3. The Morgan fingerprint density at radius 1 is 1.35 bits per heavy atom. The van der Waals surface area contributed by atoms with Gasteiger partial charge in [0.1, 0.15) is 0 Å². The minimum absolute atomic E-state index is 0.00689. The van der Waals surface area contributed by atoms with Crippen LogP contribution in [0.5, 0.6) is 0 Å². The molecule has 0 spiro atoms. The molecule has 1 fully saturated rings. The zero-order chi connectivity index (χ0) is 18.9. The number of benzene rings is 1. The summed E-state index contributed by atoms with van der Waals surface area (Å²) in [6.45, 7) is 2.71. The van der Waals surface area contributed by atoms with Crippen molar-refractivity contribution in [1.29, 1.82) is 0 Å². The van der Waals surface area contributed by atoms with Crippen molar-refractivity contribution in [3.8, 4) is 5.69 Å². The van der Waals surface area contributed by atoms with Gasteiger partial charge >= 0.3 is 6.18 Å². The summed E-state index contributed by atoms with van der Waals surface area (Å²) in [4.78, 5) is 14.7. The molecule has 1 saturated heterocycles. The predicted octanol–water partition coefficient (Wildman–Crippen LogP) is 3.15. The van der Waals surface area contributed by atoms with Crippen LogP contribution in [0.3, 0.4) is 0 Å². The van der Waals surface area contributed by atoms with Gasteiger partial charge in [-0.25, -0.2) is 4.68 Å². The van der Waals surface area contributed by atoms with Crippen LogP contribution in [0.4, 0.5) is 13.2 Å².